The first-order chi connectivity index (χ1) is 8.22. The van der Waals surface area contributed by atoms with Crippen molar-refractivity contribution in [1.29, 1.82) is 0 Å². The molecule has 0 spiro atoms. The van der Waals surface area contributed by atoms with Gasteiger partial charge in [-0.1, -0.05) is 71.6 Å². The number of hydrogen-bond donors (Lipinski definition) is 2. The second kappa shape index (κ2) is 12.4. The minimum absolute atomic E-state index is 0.505. The molecule has 2 N–H and O–H groups in total. The van der Waals surface area contributed by atoms with E-state index in [1.165, 1.54) is 44.9 Å². The zero-order valence-corrected chi connectivity index (χ0v) is 11.8. The van der Waals surface area contributed by atoms with Crippen molar-refractivity contribution in [2.75, 3.05) is 0 Å². The lowest BCUT2D eigenvalue weighted by atomic mass is 10.0. The number of aliphatic hydroxyl groups excluding tert-OH is 2. The molecule has 0 aromatic rings. The van der Waals surface area contributed by atoms with E-state index in [1.807, 2.05) is 6.92 Å². The van der Waals surface area contributed by atoms with Crippen LogP contribution in [0, 0.1) is 0 Å². The lowest BCUT2D eigenvalue weighted by molar-refractivity contribution is 0.00816. The van der Waals surface area contributed by atoms with Gasteiger partial charge in [0.1, 0.15) is 0 Å². The molecule has 0 rings (SSSR count). The van der Waals surface area contributed by atoms with Gasteiger partial charge in [0.2, 0.25) is 0 Å². The first-order valence-electron chi connectivity index (χ1n) is 7.58. The standard InChI is InChI=1S/C15H32O2/c1-3-5-6-7-8-9-10-11-13-15(17)14(16)12-4-2/h14-17H,3-13H2,1-2H3. The highest BCUT2D eigenvalue weighted by molar-refractivity contribution is 4.66. The number of hydrogen-bond acceptors (Lipinski definition) is 2. The summed E-state index contributed by atoms with van der Waals surface area (Å²) >= 11 is 0. The van der Waals surface area contributed by atoms with Gasteiger partial charge in [-0.05, 0) is 12.8 Å². The molecule has 2 unspecified atom stereocenters. The lowest BCUT2D eigenvalue weighted by Crippen LogP contribution is -2.25. The Morgan fingerprint density at radius 1 is 0.588 bits per heavy atom. The van der Waals surface area contributed by atoms with Crippen molar-refractivity contribution in [2.24, 2.45) is 0 Å². The summed E-state index contributed by atoms with van der Waals surface area (Å²) in [6.07, 6.45) is 11.7. The van der Waals surface area contributed by atoms with Crippen LogP contribution in [0.5, 0.6) is 0 Å². The second-order valence-corrected chi connectivity index (χ2v) is 5.19. The van der Waals surface area contributed by atoms with Gasteiger partial charge in [-0.3, -0.25) is 0 Å². The van der Waals surface area contributed by atoms with Crippen molar-refractivity contribution < 1.29 is 10.2 Å². The molecule has 2 heteroatoms. The molecule has 0 aliphatic rings. The average Bonchev–Trinajstić information content (AvgIpc) is 2.32. The molecule has 0 heterocycles. The Hall–Kier alpha value is -0.0800. The fourth-order valence-corrected chi connectivity index (χ4v) is 2.17. The fraction of sp³-hybridized carbons (Fsp3) is 1.00. The average molecular weight is 244 g/mol. The third kappa shape index (κ3) is 10.8. The Labute approximate surface area is 107 Å². The van der Waals surface area contributed by atoms with E-state index in [4.69, 9.17) is 0 Å². The smallest absolute Gasteiger partial charge is 0.0799 e. The van der Waals surface area contributed by atoms with Crippen molar-refractivity contribution in [3.8, 4) is 0 Å². The van der Waals surface area contributed by atoms with E-state index in [0.717, 1.165) is 25.7 Å². The molecule has 0 amide bonds. The van der Waals surface area contributed by atoms with Gasteiger partial charge < -0.3 is 10.2 Å². The Balaban J connectivity index is 3.21. The van der Waals surface area contributed by atoms with Crippen LogP contribution in [0.2, 0.25) is 0 Å². The highest BCUT2D eigenvalue weighted by atomic mass is 16.3. The van der Waals surface area contributed by atoms with Crippen molar-refractivity contribution in [3.63, 3.8) is 0 Å². The molecule has 2 atom stereocenters. The van der Waals surface area contributed by atoms with Crippen molar-refractivity contribution in [1.82, 2.24) is 0 Å². The zero-order chi connectivity index (χ0) is 12.9. The third-order valence-electron chi connectivity index (χ3n) is 3.38. The van der Waals surface area contributed by atoms with E-state index in [2.05, 4.69) is 6.92 Å². The summed E-state index contributed by atoms with van der Waals surface area (Å²) < 4.78 is 0. The first-order valence-corrected chi connectivity index (χ1v) is 7.58. The molecular formula is C15H32O2. The normalized spacial score (nSPS) is 14.8. The third-order valence-corrected chi connectivity index (χ3v) is 3.38. The van der Waals surface area contributed by atoms with E-state index in [9.17, 15) is 10.2 Å². The molecule has 104 valence electrons. The predicted octanol–water partition coefficient (Wildman–Crippen LogP) is 4.04. The van der Waals surface area contributed by atoms with Gasteiger partial charge in [0, 0.05) is 0 Å². The van der Waals surface area contributed by atoms with Gasteiger partial charge >= 0.3 is 0 Å². The molecule has 0 radical (unpaired) electrons. The number of aliphatic hydroxyl groups is 2. The highest BCUT2D eigenvalue weighted by Crippen LogP contribution is 2.13. The monoisotopic (exact) mass is 244 g/mol. The topological polar surface area (TPSA) is 40.5 Å². The van der Waals surface area contributed by atoms with Gasteiger partial charge in [-0.15, -0.1) is 0 Å². The van der Waals surface area contributed by atoms with Crippen LogP contribution < -0.4 is 0 Å². The molecule has 0 saturated heterocycles. The van der Waals surface area contributed by atoms with Crippen molar-refractivity contribution in [2.45, 2.75) is 96.7 Å². The summed E-state index contributed by atoms with van der Waals surface area (Å²) in [6.45, 7) is 4.27. The van der Waals surface area contributed by atoms with Crippen LogP contribution >= 0.6 is 0 Å². The Morgan fingerprint density at radius 2 is 1.06 bits per heavy atom. The summed E-state index contributed by atoms with van der Waals surface area (Å²) in [5.74, 6) is 0. The molecule has 0 aliphatic heterocycles. The number of unbranched alkanes of at least 4 members (excludes halogenated alkanes) is 7. The molecule has 0 aliphatic carbocycles. The summed E-state index contributed by atoms with van der Waals surface area (Å²) in [7, 11) is 0. The summed E-state index contributed by atoms with van der Waals surface area (Å²) in [5.41, 5.74) is 0. The van der Waals surface area contributed by atoms with Crippen LogP contribution in [0.4, 0.5) is 0 Å². The molecule has 2 nitrogen and oxygen atoms in total. The zero-order valence-electron chi connectivity index (χ0n) is 11.8. The SMILES string of the molecule is CCCCCCCCCCC(O)C(O)CCC. The van der Waals surface area contributed by atoms with Gasteiger partial charge in [-0.2, -0.15) is 0 Å². The minimum Gasteiger partial charge on any atom is -0.390 e. The van der Waals surface area contributed by atoms with Gasteiger partial charge in [0.05, 0.1) is 12.2 Å². The highest BCUT2D eigenvalue weighted by Gasteiger charge is 2.14. The van der Waals surface area contributed by atoms with Crippen molar-refractivity contribution in [3.05, 3.63) is 0 Å². The fourth-order valence-electron chi connectivity index (χ4n) is 2.17. The van der Waals surface area contributed by atoms with Gasteiger partial charge in [0.15, 0.2) is 0 Å². The number of rotatable bonds is 12. The van der Waals surface area contributed by atoms with Crippen LogP contribution in [0.3, 0.4) is 0 Å². The van der Waals surface area contributed by atoms with Crippen LogP contribution in [0.15, 0.2) is 0 Å². The van der Waals surface area contributed by atoms with Crippen LogP contribution in [0.1, 0.15) is 84.5 Å². The Kier molecular flexibility index (Phi) is 12.3. The predicted molar refractivity (Wildman–Crippen MR) is 74.1 cm³/mol. The first kappa shape index (κ1) is 16.9. The maximum absolute atomic E-state index is 9.67. The Bertz CT molecular complexity index is 148. The minimum atomic E-state index is -0.510. The summed E-state index contributed by atoms with van der Waals surface area (Å²) in [4.78, 5) is 0. The summed E-state index contributed by atoms with van der Waals surface area (Å²) in [5, 5.41) is 19.2. The van der Waals surface area contributed by atoms with Crippen molar-refractivity contribution >= 4 is 0 Å². The van der Waals surface area contributed by atoms with Gasteiger partial charge in [0.25, 0.3) is 0 Å². The Morgan fingerprint density at radius 3 is 1.59 bits per heavy atom. The van der Waals surface area contributed by atoms with E-state index < -0.39 is 12.2 Å². The van der Waals surface area contributed by atoms with E-state index in [0.29, 0.717) is 0 Å². The molecule has 0 saturated carbocycles. The summed E-state index contributed by atoms with van der Waals surface area (Å²) in [6, 6.07) is 0. The second-order valence-electron chi connectivity index (χ2n) is 5.19. The van der Waals surface area contributed by atoms with E-state index in [-0.39, 0.29) is 0 Å². The van der Waals surface area contributed by atoms with Gasteiger partial charge in [-0.25, -0.2) is 0 Å². The molecular weight excluding hydrogens is 212 g/mol. The molecule has 0 aromatic carbocycles. The van der Waals surface area contributed by atoms with Crippen LogP contribution in [-0.4, -0.2) is 22.4 Å². The largest absolute Gasteiger partial charge is 0.390 e. The molecule has 17 heavy (non-hydrogen) atoms. The molecule has 0 aromatic heterocycles. The maximum Gasteiger partial charge on any atom is 0.0799 e. The quantitative estimate of drug-likeness (QED) is 0.509. The maximum atomic E-state index is 9.67. The molecule has 0 fully saturated rings. The van der Waals surface area contributed by atoms with E-state index in [1.54, 1.807) is 0 Å². The van der Waals surface area contributed by atoms with E-state index >= 15 is 0 Å². The van der Waals surface area contributed by atoms with Crippen LogP contribution in [-0.2, 0) is 0 Å². The molecule has 0 bridgehead atoms. The lowest BCUT2D eigenvalue weighted by Gasteiger charge is -2.16. The van der Waals surface area contributed by atoms with Crippen LogP contribution in [0.25, 0.3) is 0 Å².